The molecule has 0 saturated heterocycles. The molecular weight excluding hydrogens is 100 g/mol. The number of nitrogens with one attached hydrogen (secondary N) is 1. The maximum Gasteiger partial charge on any atom is 0.176 e. The van der Waals surface area contributed by atoms with Crippen LogP contribution in [-0.4, -0.2) is 6.54 Å². The van der Waals surface area contributed by atoms with Crippen molar-refractivity contribution in [2.75, 3.05) is 6.54 Å². The summed E-state index contributed by atoms with van der Waals surface area (Å²) in [5.74, 6) is 0.801. The van der Waals surface area contributed by atoms with Gasteiger partial charge < -0.3 is 5.32 Å². The Bertz CT molecular complexity index is 99.6. The van der Waals surface area contributed by atoms with E-state index in [2.05, 4.69) is 5.32 Å². The Hall–Kier alpha value is -0.710. The number of hydrogen-bond acceptors (Lipinski definition) is 2. The summed E-state index contributed by atoms with van der Waals surface area (Å²) >= 11 is 0. The van der Waals surface area contributed by atoms with Crippen molar-refractivity contribution in [2.24, 2.45) is 5.92 Å². The molecule has 1 aliphatic rings. The van der Waals surface area contributed by atoms with Gasteiger partial charge in [0.25, 0.3) is 0 Å². The summed E-state index contributed by atoms with van der Waals surface area (Å²) < 4.78 is 0. The minimum absolute atomic E-state index is 0.801. The second-order valence-electron chi connectivity index (χ2n) is 2.29. The van der Waals surface area contributed by atoms with E-state index in [4.69, 9.17) is 5.26 Å². The number of hydrogen-bond donors (Lipinski definition) is 1. The van der Waals surface area contributed by atoms with E-state index in [-0.39, 0.29) is 0 Å². The Kier molecular flexibility index (Phi) is 1.74. The maximum atomic E-state index is 8.07. The molecule has 0 amide bonds. The second kappa shape index (κ2) is 2.56. The van der Waals surface area contributed by atoms with Crippen molar-refractivity contribution < 1.29 is 0 Å². The van der Waals surface area contributed by atoms with E-state index in [0.717, 1.165) is 12.5 Å². The molecule has 8 heavy (non-hydrogen) atoms. The van der Waals surface area contributed by atoms with Crippen LogP contribution in [0.2, 0.25) is 0 Å². The maximum absolute atomic E-state index is 8.07. The van der Waals surface area contributed by atoms with E-state index in [0.29, 0.717) is 0 Å². The van der Waals surface area contributed by atoms with Gasteiger partial charge in [-0.05, 0) is 18.8 Å². The Morgan fingerprint density at radius 2 is 2.38 bits per heavy atom. The van der Waals surface area contributed by atoms with E-state index < -0.39 is 0 Å². The summed E-state index contributed by atoms with van der Waals surface area (Å²) in [5.41, 5.74) is 0. The zero-order valence-corrected chi connectivity index (χ0v) is 4.85. The highest BCUT2D eigenvalue weighted by molar-refractivity contribution is 4.75. The number of nitriles is 1. The summed E-state index contributed by atoms with van der Waals surface area (Å²) in [6, 6.07) is 0. The lowest BCUT2D eigenvalue weighted by molar-refractivity contribution is 0.313. The standard InChI is InChI=1S/C6H10N2/c7-5-8-4-6-2-1-3-6/h6,8H,1-4H2. The molecule has 44 valence electrons. The quantitative estimate of drug-likeness (QED) is 0.422. The Labute approximate surface area is 49.5 Å². The van der Waals surface area contributed by atoms with E-state index in [9.17, 15) is 0 Å². The third-order valence-electron chi connectivity index (χ3n) is 1.69. The zero-order chi connectivity index (χ0) is 5.82. The van der Waals surface area contributed by atoms with Crippen LogP contribution in [0.5, 0.6) is 0 Å². The van der Waals surface area contributed by atoms with Gasteiger partial charge in [0.2, 0.25) is 0 Å². The summed E-state index contributed by atoms with van der Waals surface area (Å²) in [6.07, 6.45) is 5.90. The molecule has 0 aromatic heterocycles. The summed E-state index contributed by atoms with van der Waals surface area (Å²) in [6.45, 7) is 0.899. The van der Waals surface area contributed by atoms with Crippen molar-refractivity contribution in [3.05, 3.63) is 0 Å². The molecule has 0 aromatic carbocycles. The van der Waals surface area contributed by atoms with Crippen molar-refractivity contribution >= 4 is 0 Å². The molecule has 0 atom stereocenters. The molecule has 2 heteroatoms. The normalized spacial score (nSPS) is 18.9. The molecule has 0 bridgehead atoms. The highest BCUT2D eigenvalue weighted by atomic mass is 14.9. The van der Waals surface area contributed by atoms with Crippen LogP contribution in [0.25, 0.3) is 0 Å². The third-order valence-corrected chi connectivity index (χ3v) is 1.69. The SMILES string of the molecule is N#CNCC1CCC1. The van der Waals surface area contributed by atoms with Gasteiger partial charge in [-0.15, -0.1) is 0 Å². The van der Waals surface area contributed by atoms with Crippen molar-refractivity contribution in [3.63, 3.8) is 0 Å². The van der Waals surface area contributed by atoms with Crippen molar-refractivity contribution in [1.29, 1.82) is 5.26 Å². The van der Waals surface area contributed by atoms with Gasteiger partial charge in [0.05, 0.1) is 0 Å². The van der Waals surface area contributed by atoms with Crippen LogP contribution >= 0.6 is 0 Å². The lowest BCUT2D eigenvalue weighted by Gasteiger charge is -2.23. The smallest absolute Gasteiger partial charge is 0.176 e. The van der Waals surface area contributed by atoms with E-state index in [1.807, 2.05) is 6.19 Å². The minimum Gasteiger partial charge on any atom is -0.324 e. The molecule has 2 nitrogen and oxygen atoms in total. The van der Waals surface area contributed by atoms with Gasteiger partial charge in [0.1, 0.15) is 0 Å². The molecule has 0 spiro atoms. The van der Waals surface area contributed by atoms with Crippen LogP contribution in [0.15, 0.2) is 0 Å². The highest BCUT2D eigenvalue weighted by Crippen LogP contribution is 2.24. The third kappa shape index (κ3) is 1.13. The first-order valence-electron chi connectivity index (χ1n) is 3.05. The molecule has 0 aromatic rings. The zero-order valence-electron chi connectivity index (χ0n) is 4.85. The fraction of sp³-hybridized carbons (Fsp3) is 0.833. The summed E-state index contributed by atoms with van der Waals surface area (Å²) in [5, 5.41) is 10.7. The van der Waals surface area contributed by atoms with E-state index in [1.54, 1.807) is 0 Å². The van der Waals surface area contributed by atoms with Gasteiger partial charge in [0, 0.05) is 6.54 Å². The average molecular weight is 110 g/mol. The first-order valence-corrected chi connectivity index (χ1v) is 3.05. The average Bonchev–Trinajstić information content (AvgIpc) is 1.63. The topological polar surface area (TPSA) is 35.8 Å². The van der Waals surface area contributed by atoms with Crippen molar-refractivity contribution in [3.8, 4) is 6.19 Å². The molecule has 1 aliphatic carbocycles. The Morgan fingerprint density at radius 3 is 2.75 bits per heavy atom. The summed E-state index contributed by atoms with van der Waals surface area (Å²) in [4.78, 5) is 0. The molecular formula is C6H10N2. The molecule has 1 fully saturated rings. The second-order valence-corrected chi connectivity index (χ2v) is 2.29. The lowest BCUT2D eigenvalue weighted by atomic mass is 9.86. The lowest BCUT2D eigenvalue weighted by Crippen LogP contribution is -2.23. The molecule has 0 radical (unpaired) electrons. The van der Waals surface area contributed by atoms with E-state index in [1.165, 1.54) is 19.3 Å². The molecule has 1 rings (SSSR count). The highest BCUT2D eigenvalue weighted by Gasteiger charge is 2.15. The van der Waals surface area contributed by atoms with Crippen LogP contribution in [0.1, 0.15) is 19.3 Å². The predicted molar refractivity (Wildman–Crippen MR) is 31.0 cm³/mol. The van der Waals surface area contributed by atoms with Crippen LogP contribution < -0.4 is 5.32 Å². The Balaban J connectivity index is 1.95. The fourth-order valence-corrected chi connectivity index (χ4v) is 0.887. The molecule has 0 aliphatic heterocycles. The molecule has 1 N–H and O–H groups in total. The monoisotopic (exact) mass is 110 g/mol. The van der Waals surface area contributed by atoms with Crippen molar-refractivity contribution in [1.82, 2.24) is 5.32 Å². The van der Waals surface area contributed by atoms with Gasteiger partial charge in [0.15, 0.2) is 6.19 Å². The van der Waals surface area contributed by atoms with Crippen LogP contribution in [-0.2, 0) is 0 Å². The Morgan fingerprint density at radius 1 is 1.62 bits per heavy atom. The minimum atomic E-state index is 0.801. The van der Waals surface area contributed by atoms with Crippen LogP contribution in [0.4, 0.5) is 0 Å². The van der Waals surface area contributed by atoms with E-state index >= 15 is 0 Å². The van der Waals surface area contributed by atoms with Crippen LogP contribution in [0, 0.1) is 17.4 Å². The van der Waals surface area contributed by atoms with Gasteiger partial charge in [-0.2, -0.15) is 5.26 Å². The van der Waals surface area contributed by atoms with Gasteiger partial charge >= 0.3 is 0 Å². The molecule has 0 unspecified atom stereocenters. The largest absolute Gasteiger partial charge is 0.324 e. The number of nitrogens with zero attached hydrogens (tertiary/aromatic N) is 1. The molecule has 1 saturated carbocycles. The number of rotatable bonds is 2. The van der Waals surface area contributed by atoms with Gasteiger partial charge in [-0.3, -0.25) is 0 Å². The molecule has 0 heterocycles. The van der Waals surface area contributed by atoms with Crippen molar-refractivity contribution in [2.45, 2.75) is 19.3 Å². The predicted octanol–water partition coefficient (Wildman–Crippen LogP) is 0.857. The van der Waals surface area contributed by atoms with Gasteiger partial charge in [-0.25, -0.2) is 0 Å². The first kappa shape index (κ1) is 5.43. The van der Waals surface area contributed by atoms with Gasteiger partial charge in [-0.1, -0.05) is 6.42 Å². The summed E-state index contributed by atoms with van der Waals surface area (Å²) in [7, 11) is 0. The fourth-order valence-electron chi connectivity index (χ4n) is 0.887. The van der Waals surface area contributed by atoms with Crippen LogP contribution in [0.3, 0.4) is 0 Å². The first-order chi connectivity index (χ1) is 3.93.